The number of imide groups is 1. The fourth-order valence-corrected chi connectivity index (χ4v) is 1.32. The Bertz CT molecular complexity index is 527. The monoisotopic (exact) mass is 266 g/mol. The van der Waals surface area contributed by atoms with Crippen LogP contribution in [0.5, 0.6) is 5.75 Å². The minimum Gasteiger partial charge on any atom is -0.507 e. The summed E-state index contributed by atoms with van der Waals surface area (Å²) in [6.45, 7) is 2.90. The Morgan fingerprint density at radius 3 is 2.58 bits per heavy atom. The van der Waals surface area contributed by atoms with E-state index in [4.69, 9.17) is 10.5 Å². The molecule has 4 N–H and O–H groups in total. The second-order valence-electron chi connectivity index (χ2n) is 3.87. The molecule has 0 saturated carbocycles. The Hall–Kier alpha value is -2.57. The number of carbonyl (C=O) groups excluding carboxylic acids is 3. The number of aryl methyl sites for hydroxylation is 1. The first-order chi connectivity index (χ1) is 8.82. The zero-order valence-corrected chi connectivity index (χ0v) is 10.5. The van der Waals surface area contributed by atoms with E-state index in [9.17, 15) is 19.5 Å². The summed E-state index contributed by atoms with van der Waals surface area (Å²) in [5.41, 5.74) is 5.21. The average molecular weight is 266 g/mol. The number of phenolic OH excluding ortho intramolecular Hbond substituents is 1. The van der Waals surface area contributed by atoms with Crippen molar-refractivity contribution < 1.29 is 24.2 Å². The van der Waals surface area contributed by atoms with Gasteiger partial charge in [-0.05, 0) is 25.5 Å². The number of benzene rings is 1. The fourth-order valence-electron chi connectivity index (χ4n) is 1.32. The summed E-state index contributed by atoms with van der Waals surface area (Å²) in [4.78, 5) is 33.5. The summed E-state index contributed by atoms with van der Waals surface area (Å²) in [6.07, 6.45) is -1.21. The van der Waals surface area contributed by atoms with Gasteiger partial charge < -0.3 is 15.6 Å². The molecule has 0 saturated heterocycles. The molecule has 1 aromatic carbocycles. The third-order valence-electron chi connectivity index (χ3n) is 2.36. The third-order valence-corrected chi connectivity index (χ3v) is 2.36. The fraction of sp³-hybridized carbons (Fsp3) is 0.250. The van der Waals surface area contributed by atoms with E-state index in [1.165, 1.54) is 13.0 Å². The topological polar surface area (TPSA) is 119 Å². The number of primary amides is 1. The summed E-state index contributed by atoms with van der Waals surface area (Å²) < 4.78 is 4.82. The first-order valence-electron chi connectivity index (χ1n) is 5.42. The summed E-state index contributed by atoms with van der Waals surface area (Å²) >= 11 is 0. The number of carbonyl (C=O) groups is 3. The van der Waals surface area contributed by atoms with Crippen LogP contribution < -0.4 is 11.1 Å². The van der Waals surface area contributed by atoms with E-state index in [1.807, 2.05) is 0 Å². The first kappa shape index (κ1) is 14.5. The number of nitrogens with two attached hydrogens (primary N) is 1. The maximum Gasteiger partial charge on any atom is 0.342 e. The Balaban J connectivity index is 2.77. The molecule has 7 nitrogen and oxygen atoms in total. The highest BCUT2D eigenvalue weighted by Gasteiger charge is 2.22. The highest BCUT2D eigenvalue weighted by molar-refractivity contribution is 5.98. The van der Waals surface area contributed by atoms with Gasteiger partial charge >= 0.3 is 12.0 Å². The zero-order chi connectivity index (χ0) is 14.6. The lowest BCUT2D eigenvalue weighted by Crippen LogP contribution is -2.42. The molecular weight excluding hydrogens is 252 g/mol. The Kier molecular flexibility index (Phi) is 4.46. The molecule has 0 radical (unpaired) electrons. The number of rotatable bonds is 3. The van der Waals surface area contributed by atoms with Gasteiger partial charge in [0.05, 0.1) is 0 Å². The number of hydrogen-bond acceptors (Lipinski definition) is 5. The summed E-state index contributed by atoms with van der Waals surface area (Å²) in [5, 5.41) is 11.5. The van der Waals surface area contributed by atoms with Crippen molar-refractivity contribution in [2.75, 3.05) is 0 Å². The molecule has 0 aliphatic rings. The van der Waals surface area contributed by atoms with E-state index in [1.54, 1.807) is 24.4 Å². The smallest absolute Gasteiger partial charge is 0.342 e. The molecule has 0 heterocycles. The Labute approximate surface area is 109 Å². The van der Waals surface area contributed by atoms with Crippen LogP contribution in [0.15, 0.2) is 18.2 Å². The number of urea groups is 1. The number of hydrogen-bond donors (Lipinski definition) is 3. The van der Waals surface area contributed by atoms with E-state index < -0.39 is 24.0 Å². The largest absolute Gasteiger partial charge is 0.507 e. The maximum absolute atomic E-state index is 11.7. The minimum atomic E-state index is -1.21. The van der Waals surface area contributed by atoms with Gasteiger partial charge in [-0.1, -0.05) is 12.1 Å². The number of para-hydroxylation sites is 1. The van der Waals surface area contributed by atoms with Crippen LogP contribution in [0.25, 0.3) is 0 Å². The van der Waals surface area contributed by atoms with Crippen LogP contribution in [-0.4, -0.2) is 29.1 Å². The van der Waals surface area contributed by atoms with Crippen molar-refractivity contribution >= 4 is 17.9 Å². The normalized spacial score (nSPS) is 11.5. The van der Waals surface area contributed by atoms with Gasteiger partial charge in [-0.3, -0.25) is 10.1 Å². The van der Waals surface area contributed by atoms with Gasteiger partial charge in [-0.2, -0.15) is 0 Å². The Morgan fingerprint density at radius 2 is 2.00 bits per heavy atom. The molecule has 0 unspecified atom stereocenters. The van der Waals surface area contributed by atoms with Gasteiger partial charge in [-0.25, -0.2) is 9.59 Å². The quantitative estimate of drug-likeness (QED) is 0.686. The molecule has 7 heteroatoms. The molecule has 0 aromatic heterocycles. The van der Waals surface area contributed by atoms with Crippen molar-refractivity contribution in [3.05, 3.63) is 29.3 Å². The van der Waals surface area contributed by atoms with Crippen molar-refractivity contribution in [1.29, 1.82) is 0 Å². The molecular formula is C12H14N2O5. The van der Waals surface area contributed by atoms with Crippen LogP contribution in [0.2, 0.25) is 0 Å². The molecule has 0 aliphatic carbocycles. The number of ether oxygens (including phenoxy) is 1. The van der Waals surface area contributed by atoms with Gasteiger partial charge in [-0.15, -0.1) is 0 Å². The van der Waals surface area contributed by atoms with Gasteiger partial charge in [0.2, 0.25) is 0 Å². The molecule has 19 heavy (non-hydrogen) atoms. The molecule has 0 bridgehead atoms. The van der Waals surface area contributed by atoms with Crippen LogP contribution in [-0.2, 0) is 9.53 Å². The lowest BCUT2D eigenvalue weighted by Gasteiger charge is -2.13. The summed E-state index contributed by atoms with van der Waals surface area (Å²) in [6, 6.07) is 3.52. The van der Waals surface area contributed by atoms with E-state index in [-0.39, 0.29) is 11.3 Å². The maximum atomic E-state index is 11.7. The second kappa shape index (κ2) is 5.85. The molecule has 0 spiro atoms. The summed E-state index contributed by atoms with van der Waals surface area (Å²) in [5.74, 6) is -1.92. The first-order valence-corrected chi connectivity index (χ1v) is 5.42. The van der Waals surface area contributed by atoms with Crippen molar-refractivity contribution in [1.82, 2.24) is 5.32 Å². The highest BCUT2D eigenvalue weighted by atomic mass is 16.5. The van der Waals surface area contributed by atoms with Gasteiger partial charge in [0, 0.05) is 0 Å². The van der Waals surface area contributed by atoms with Crippen molar-refractivity contribution in [3.63, 3.8) is 0 Å². The predicted octanol–water partition coefficient (Wildman–Crippen LogP) is 0.441. The molecule has 0 fully saturated rings. The minimum absolute atomic E-state index is 0.0567. The van der Waals surface area contributed by atoms with Crippen molar-refractivity contribution in [2.45, 2.75) is 20.0 Å². The molecule has 1 rings (SSSR count). The lowest BCUT2D eigenvalue weighted by atomic mass is 10.1. The van der Waals surface area contributed by atoms with E-state index in [2.05, 4.69) is 0 Å². The summed E-state index contributed by atoms with van der Waals surface area (Å²) in [7, 11) is 0. The number of aromatic hydroxyl groups is 1. The predicted molar refractivity (Wildman–Crippen MR) is 65.4 cm³/mol. The second-order valence-corrected chi connectivity index (χ2v) is 3.87. The van der Waals surface area contributed by atoms with Gasteiger partial charge in [0.25, 0.3) is 5.91 Å². The van der Waals surface area contributed by atoms with Crippen LogP contribution in [0.4, 0.5) is 4.79 Å². The zero-order valence-electron chi connectivity index (χ0n) is 10.5. The number of amides is 3. The van der Waals surface area contributed by atoms with E-state index >= 15 is 0 Å². The Morgan fingerprint density at radius 1 is 1.37 bits per heavy atom. The number of esters is 1. The number of phenols is 1. The molecule has 1 aromatic rings. The van der Waals surface area contributed by atoms with Crippen molar-refractivity contribution in [2.24, 2.45) is 5.73 Å². The molecule has 1 atom stereocenters. The number of nitrogens with one attached hydrogen (secondary N) is 1. The molecule has 3 amide bonds. The standard InChI is InChI=1S/C12H14N2O5/c1-6-4-3-5-8(9(6)15)11(17)19-7(2)10(16)14-12(13)18/h3-5,7,15H,1-2H3,(H3,13,14,16,18)/t7-/m0/s1. The van der Waals surface area contributed by atoms with Gasteiger partial charge in [0.15, 0.2) is 6.10 Å². The highest BCUT2D eigenvalue weighted by Crippen LogP contribution is 2.22. The third kappa shape index (κ3) is 3.70. The van der Waals surface area contributed by atoms with Crippen LogP contribution >= 0.6 is 0 Å². The SMILES string of the molecule is Cc1cccc(C(=O)O[C@@H](C)C(=O)NC(N)=O)c1O. The lowest BCUT2D eigenvalue weighted by molar-refractivity contribution is -0.127. The van der Waals surface area contributed by atoms with Crippen LogP contribution in [0.3, 0.4) is 0 Å². The molecule has 0 aliphatic heterocycles. The van der Waals surface area contributed by atoms with Crippen molar-refractivity contribution in [3.8, 4) is 5.75 Å². The van der Waals surface area contributed by atoms with Gasteiger partial charge in [0.1, 0.15) is 11.3 Å². The molecule has 102 valence electrons. The van der Waals surface area contributed by atoms with Crippen LogP contribution in [0, 0.1) is 6.92 Å². The average Bonchev–Trinajstić information content (AvgIpc) is 2.31. The van der Waals surface area contributed by atoms with E-state index in [0.717, 1.165) is 0 Å². The van der Waals surface area contributed by atoms with Crippen LogP contribution in [0.1, 0.15) is 22.8 Å². The van der Waals surface area contributed by atoms with E-state index in [0.29, 0.717) is 5.56 Å².